The molecule has 3 N–H and O–H groups in total. The van der Waals surface area contributed by atoms with Crippen molar-refractivity contribution >= 4 is 12.0 Å². The van der Waals surface area contributed by atoms with E-state index < -0.39 is 12.1 Å². The molecule has 1 aromatic heterocycles. The lowest BCUT2D eigenvalue weighted by Crippen LogP contribution is -2.55. The molecule has 0 bridgehead atoms. The van der Waals surface area contributed by atoms with Gasteiger partial charge < -0.3 is 20.4 Å². The van der Waals surface area contributed by atoms with Gasteiger partial charge in [0.15, 0.2) is 0 Å². The van der Waals surface area contributed by atoms with E-state index in [1.807, 2.05) is 27.0 Å². The summed E-state index contributed by atoms with van der Waals surface area (Å²) in [6, 6.07) is -0.550. The molecule has 0 radical (unpaired) electrons. The van der Waals surface area contributed by atoms with Gasteiger partial charge in [-0.2, -0.15) is 0 Å². The smallest absolute Gasteiger partial charge is 0.407 e. The summed E-state index contributed by atoms with van der Waals surface area (Å²) in [5.74, 6) is 0.918. The molecule has 7 nitrogen and oxygen atoms in total. The normalized spacial score (nSPS) is 21.9. The average Bonchev–Trinajstić information content (AvgIpc) is 2.85. The number of carbonyl (C=O) groups is 2. The maximum absolute atomic E-state index is 12.4. The monoisotopic (exact) mass is 308 g/mol. The maximum atomic E-state index is 12.4. The van der Waals surface area contributed by atoms with Gasteiger partial charge in [-0.15, -0.1) is 0 Å². The van der Waals surface area contributed by atoms with E-state index in [0.29, 0.717) is 0 Å². The zero-order chi connectivity index (χ0) is 16.3. The number of amides is 2. The van der Waals surface area contributed by atoms with Crippen LogP contribution in [0.2, 0.25) is 0 Å². The van der Waals surface area contributed by atoms with E-state index >= 15 is 0 Å². The largest absolute Gasteiger partial charge is 0.453 e. The van der Waals surface area contributed by atoms with Gasteiger partial charge >= 0.3 is 6.09 Å². The number of alkyl carbamates (subject to hydrolysis) is 1. The Labute approximate surface area is 130 Å². The number of aromatic nitrogens is 2. The Hall–Kier alpha value is -2.05. The number of aromatic amines is 1. The fraction of sp³-hybridized carbons (Fsp3) is 0.667. The summed E-state index contributed by atoms with van der Waals surface area (Å²) < 4.78 is 4.57. The number of hydrogen-bond donors (Lipinski definition) is 3. The zero-order valence-corrected chi connectivity index (χ0v) is 13.5. The van der Waals surface area contributed by atoms with Crippen molar-refractivity contribution in [3.63, 3.8) is 0 Å². The summed E-state index contributed by atoms with van der Waals surface area (Å²) in [4.78, 5) is 31.4. The molecule has 1 aliphatic rings. The Morgan fingerprint density at radius 2 is 2.14 bits per heavy atom. The molecular weight excluding hydrogens is 284 g/mol. The first-order valence-electron chi connectivity index (χ1n) is 7.59. The predicted molar refractivity (Wildman–Crippen MR) is 81.4 cm³/mol. The van der Waals surface area contributed by atoms with Crippen molar-refractivity contribution in [2.45, 2.75) is 51.6 Å². The third kappa shape index (κ3) is 3.58. The highest BCUT2D eigenvalue weighted by molar-refractivity contribution is 5.86. The van der Waals surface area contributed by atoms with Crippen molar-refractivity contribution < 1.29 is 14.3 Å². The molecule has 0 unspecified atom stereocenters. The number of nitrogens with zero attached hydrogens (tertiary/aromatic N) is 1. The Balaban J connectivity index is 1.96. The Morgan fingerprint density at radius 1 is 1.41 bits per heavy atom. The maximum Gasteiger partial charge on any atom is 0.407 e. The molecular formula is C15H24N4O3. The molecule has 122 valence electrons. The molecule has 7 heteroatoms. The zero-order valence-electron chi connectivity index (χ0n) is 13.5. The summed E-state index contributed by atoms with van der Waals surface area (Å²) in [5.41, 5.74) is 0.944. The third-order valence-electron chi connectivity index (χ3n) is 4.09. The van der Waals surface area contributed by atoms with Gasteiger partial charge in [-0.05, 0) is 25.7 Å². The second-order valence-corrected chi connectivity index (χ2v) is 6.08. The van der Waals surface area contributed by atoms with E-state index in [-0.39, 0.29) is 23.8 Å². The fourth-order valence-electron chi connectivity index (χ4n) is 2.62. The van der Waals surface area contributed by atoms with Crippen LogP contribution in [0.4, 0.5) is 4.79 Å². The lowest BCUT2D eigenvalue weighted by molar-refractivity contribution is -0.125. The first kappa shape index (κ1) is 16.3. The first-order valence-corrected chi connectivity index (χ1v) is 7.59. The summed E-state index contributed by atoms with van der Waals surface area (Å²) >= 11 is 0. The molecule has 0 saturated heterocycles. The van der Waals surface area contributed by atoms with Crippen LogP contribution in [0.25, 0.3) is 0 Å². The molecule has 3 atom stereocenters. The Kier molecular flexibility index (Phi) is 5.05. The summed E-state index contributed by atoms with van der Waals surface area (Å²) in [6.45, 7) is 5.70. The molecule has 0 aromatic carbocycles. The van der Waals surface area contributed by atoms with E-state index in [9.17, 15) is 9.59 Å². The average molecular weight is 308 g/mol. The third-order valence-corrected chi connectivity index (χ3v) is 4.09. The number of carbonyl (C=O) groups excluding carboxylic acids is 2. The highest BCUT2D eigenvalue weighted by atomic mass is 16.5. The lowest BCUT2D eigenvalue weighted by Gasteiger charge is -2.37. The van der Waals surface area contributed by atoms with Gasteiger partial charge in [-0.25, -0.2) is 9.78 Å². The minimum atomic E-state index is -0.605. The second-order valence-electron chi connectivity index (χ2n) is 6.08. The number of imidazole rings is 1. The quantitative estimate of drug-likeness (QED) is 0.767. The van der Waals surface area contributed by atoms with E-state index in [2.05, 4.69) is 25.3 Å². The van der Waals surface area contributed by atoms with Gasteiger partial charge in [0.2, 0.25) is 5.91 Å². The SMILES string of the molecule is COC(=O)N[C@H](C(=O)N[C@@H]1CC[C@H]1c1nc(C)c[nH]1)C(C)C. The van der Waals surface area contributed by atoms with Crippen LogP contribution in [0.1, 0.15) is 44.1 Å². The van der Waals surface area contributed by atoms with Crippen molar-refractivity contribution in [1.29, 1.82) is 0 Å². The van der Waals surface area contributed by atoms with Crippen LogP contribution in [0.3, 0.4) is 0 Å². The Bertz CT molecular complexity index is 541. The van der Waals surface area contributed by atoms with Gasteiger partial charge in [0.25, 0.3) is 0 Å². The highest BCUT2D eigenvalue weighted by Crippen LogP contribution is 2.35. The first-order chi connectivity index (χ1) is 10.4. The summed E-state index contributed by atoms with van der Waals surface area (Å²) in [7, 11) is 1.28. The van der Waals surface area contributed by atoms with Crippen LogP contribution in [0.5, 0.6) is 0 Å². The number of ether oxygens (including phenoxy) is 1. The van der Waals surface area contributed by atoms with Crippen molar-refractivity contribution in [3.05, 3.63) is 17.7 Å². The number of methoxy groups -OCH3 is 1. The van der Waals surface area contributed by atoms with Crippen LogP contribution in [-0.4, -0.2) is 41.2 Å². The van der Waals surface area contributed by atoms with Crippen molar-refractivity contribution in [2.24, 2.45) is 5.92 Å². The van der Waals surface area contributed by atoms with E-state index in [1.165, 1.54) is 7.11 Å². The molecule has 1 aliphatic carbocycles. The van der Waals surface area contributed by atoms with Gasteiger partial charge in [0, 0.05) is 18.2 Å². The van der Waals surface area contributed by atoms with Crippen LogP contribution < -0.4 is 10.6 Å². The minimum Gasteiger partial charge on any atom is -0.453 e. The van der Waals surface area contributed by atoms with Gasteiger partial charge in [0.05, 0.1) is 12.8 Å². The lowest BCUT2D eigenvalue weighted by atomic mass is 9.78. The molecule has 22 heavy (non-hydrogen) atoms. The summed E-state index contributed by atoms with van der Waals surface area (Å²) in [6.07, 6.45) is 3.18. The predicted octanol–water partition coefficient (Wildman–Crippen LogP) is 1.46. The van der Waals surface area contributed by atoms with Crippen LogP contribution in [0, 0.1) is 12.8 Å². The molecule has 0 spiro atoms. The standard InChI is InChI=1S/C15H24N4O3/c1-8(2)12(19-15(21)22-4)14(20)18-11-6-5-10(11)13-16-7-9(3)17-13/h7-8,10-12H,5-6H2,1-4H3,(H,16,17)(H,18,20)(H,19,21)/t10-,11-,12+/m1/s1. The Morgan fingerprint density at radius 3 is 2.59 bits per heavy atom. The number of nitrogens with one attached hydrogen (secondary N) is 3. The second kappa shape index (κ2) is 6.81. The minimum absolute atomic E-state index is 0.0246. The molecule has 1 heterocycles. The van der Waals surface area contributed by atoms with Crippen molar-refractivity contribution in [3.8, 4) is 0 Å². The van der Waals surface area contributed by atoms with Gasteiger partial charge in [0.1, 0.15) is 11.9 Å². The molecule has 1 fully saturated rings. The number of rotatable bonds is 5. The highest BCUT2D eigenvalue weighted by Gasteiger charge is 2.37. The fourth-order valence-corrected chi connectivity index (χ4v) is 2.62. The van der Waals surface area contributed by atoms with Crippen molar-refractivity contribution in [2.75, 3.05) is 7.11 Å². The van der Waals surface area contributed by atoms with Crippen LogP contribution >= 0.6 is 0 Å². The van der Waals surface area contributed by atoms with Crippen LogP contribution in [0.15, 0.2) is 6.20 Å². The van der Waals surface area contributed by atoms with E-state index in [1.54, 1.807) is 0 Å². The number of hydrogen-bond acceptors (Lipinski definition) is 4. The van der Waals surface area contributed by atoms with Gasteiger partial charge in [-0.1, -0.05) is 13.8 Å². The number of H-pyrrole nitrogens is 1. The molecule has 1 saturated carbocycles. The van der Waals surface area contributed by atoms with E-state index in [4.69, 9.17) is 0 Å². The molecule has 1 aromatic rings. The van der Waals surface area contributed by atoms with Crippen molar-refractivity contribution in [1.82, 2.24) is 20.6 Å². The summed E-state index contributed by atoms with van der Waals surface area (Å²) in [5, 5.41) is 5.60. The molecule has 2 amide bonds. The van der Waals surface area contributed by atoms with Crippen LogP contribution in [-0.2, 0) is 9.53 Å². The molecule has 2 rings (SSSR count). The number of aryl methyl sites for hydroxylation is 1. The molecule has 0 aliphatic heterocycles. The topological polar surface area (TPSA) is 96.1 Å². The van der Waals surface area contributed by atoms with Gasteiger partial charge in [-0.3, -0.25) is 4.79 Å². The van der Waals surface area contributed by atoms with E-state index in [0.717, 1.165) is 24.4 Å².